The number of nitrogens with two attached hydrogens (primary N) is 1. The van der Waals surface area contributed by atoms with Crippen molar-refractivity contribution in [3.05, 3.63) is 33.5 Å². The third kappa shape index (κ3) is 2.79. The maximum Gasteiger partial charge on any atom is 0.137 e. The van der Waals surface area contributed by atoms with Crippen LogP contribution in [-0.2, 0) is 6.42 Å². The molecule has 14 heavy (non-hydrogen) atoms. The second-order valence-electron chi connectivity index (χ2n) is 4.31. The molecule has 0 fully saturated rings. The van der Waals surface area contributed by atoms with E-state index >= 15 is 0 Å². The van der Waals surface area contributed by atoms with Crippen LogP contribution in [0.1, 0.15) is 25.0 Å². The molecule has 1 aromatic carbocycles. The molecule has 0 radical (unpaired) electrons. The Morgan fingerprint density at radius 3 is 2.50 bits per heavy atom. The van der Waals surface area contributed by atoms with E-state index in [1.54, 1.807) is 6.07 Å². The average molecular weight is 260 g/mol. The Bertz CT molecular complexity index is 342. The minimum Gasteiger partial charge on any atom is -0.325 e. The van der Waals surface area contributed by atoms with Gasteiger partial charge in [0.1, 0.15) is 5.82 Å². The highest BCUT2D eigenvalue weighted by Gasteiger charge is 2.15. The van der Waals surface area contributed by atoms with Gasteiger partial charge in [-0.25, -0.2) is 4.39 Å². The minimum absolute atomic E-state index is 0.221. The molecule has 1 nitrogen and oxygen atoms in total. The Hall–Kier alpha value is -0.410. The summed E-state index contributed by atoms with van der Waals surface area (Å²) in [6.07, 6.45) is 0.748. The van der Waals surface area contributed by atoms with E-state index < -0.39 is 0 Å². The largest absolute Gasteiger partial charge is 0.325 e. The Morgan fingerprint density at radius 2 is 2.00 bits per heavy atom. The molecule has 0 aliphatic rings. The molecule has 0 saturated heterocycles. The Kier molecular flexibility index (Phi) is 3.32. The maximum atomic E-state index is 13.1. The Morgan fingerprint density at radius 1 is 1.43 bits per heavy atom. The maximum absolute atomic E-state index is 13.1. The van der Waals surface area contributed by atoms with Crippen LogP contribution in [0.4, 0.5) is 4.39 Å². The van der Waals surface area contributed by atoms with Gasteiger partial charge in [-0.2, -0.15) is 0 Å². The standard InChI is InChI=1S/C11H15BrFN/c1-7-8(6-11(2,3)14)4-5-9(13)10(7)12/h4-5H,6,14H2,1-3H3. The highest BCUT2D eigenvalue weighted by molar-refractivity contribution is 9.10. The van der Waals surface area contributed by atoms with Crippen molar-refractivity contribution in [2.75, 3.05) is 0 Å². The van der Waals surface area contributed by atoms with Crippen molar-refractivity contribution in [1.82, 2.24) is 0 Å². The molecule has 0 saturated carbocycles. The first kappa shape index (κ1) is 11.7. The summed E-state index contributed by atoms with van der Waals surface area (Å²) >= 11 is 3.22. The normalized spacial score (nSPS) is 11.9. The van der Waals surface area contributed by atoms with Crippen LogP contribution in [0, 0.1) is 12.7 Å². The van der Waals surface area contributed by atoms with Gasteiger partial charge in [-0.05, 0) is 60.3 Å². The smallest absolute Gasteiger partial charge is 0.137 e. The van der Waals surface area contributed by atoms with Crippen LogP contribution < -0.4 is 5.73 Å². The molecule has 1 aromatic rings. The molecular formula is C11H15BrFN. The van der Waals surface area contributed by atoms with Gasteiger partial charge in [0, 0.05) is 5.54 Å². The first-order chi connectivity index (χ1) is 6.31. The van der Waals surface area contributed by atoms with Gasteiger partial charge in [0.25, 0.3) is 0 Å². The Labute approximate surface area is 92.6 Å². The van der Waals surface area contributed by atoms with Crippen molar-refractivity contribution >= 4 is 15.9 Å². The molecule has 3 heteroatoms. The second-order valence-corrected chi connectivity index (χ2v) is 5.10. The van der Waals surface area contributed by atoms with Crippen LogP contribution in [-0.4, -0.2) is 5.54 Å². The highest BCUT2D eigenvalue weighted by atomic mass is 79.9. The summed E-state index contributed by atoms with van der Waals surface area (Å²) in [7, 11) is 0. The molecule has 0 unspecified atom stereocenters. The summed E-state index contributed by atoms with van der Waals surface area (Å²) in [6.45, 7) is 5.82. The number of hydrogen-bond acceptors (Lipinski definition) is 1. The summed E-state index contributed by atoms with van der Waals surface area (Å²) < 4.78 is 13.7. The van der Waals surface area contributed by atoms with Crippen molar-refractivity contribution in [3.8, 4) is 0 Å². The Balaban J connectivity index is 3.06. The summed E-state index contributed by atoms with van der Waals surface area (Å²) in [6, 6.07) is 3.27. The van der Waals surface area contributed by atoms with Gasteiger partial charge < -0.3 is 5.73 Å². The monoisotopic (exact) mass is 259 g/mol. The van der Waals surface area contributed by atoms with Gasteiger partial charge >= 0.3 is 0 Å². The third-order valence-electron chi connectivity index (χ3n) is 2.10. The topological polar surface area (TPSA) is 26.0 Å². The lowest BCUT2D eigenvalue weighted by molar-refractivity contribution is 0.514. The summed E-state index contributed by atoms with van der Waals surface area (Å²) in [5.74, 6) is -0.221. The quantitative estimate of drug-likeness (QED) is 0.868. The SMILES string of the molecule is Cc1c(CC(C)(C)N)ccc(F)c1Br. The first-order valence-electron chi connectivity index (χ1n) is 4.53. The molecule has 0 atom stereocenters. The van der Waals surface area contributed by atoms with E-state index in [-0.39, 0.29) is 11.4 Å². The lowest BCUT2D eigenvalue weighted by atomic mass is 9.93. The van der Waals surface area contributed by atoms with Crippen LogP contribution in [0.15, 0.2) is 16.6 Å². The molecule has 2 N–H and O–H groups in total. The number of halogens is 2. The van der Waals surface area contributed by atoms with E-state index in [0.29, 0.717) is 4.47 Å². The van der Waals surface area contributed by atoms with Crippen LogP contribution in [0.5, 0.6) is 0 Å². The number of benzene rings is 1. The molecule has 1 rings (SSSR count). The van der Waals surface area contributed by atoms with E-state index in [4.69, 9.17) is 5.73 Å². The molecular weight excluding hydrogens is 245 g/mol. The predicted octanol–water partition coefficient (Wildman–Crippen LogP) is 3.18. The molecule has 78 valence electrons. The van der Waals surface area contributed by atoms with Crippen molar-refractivity contribution in [3.63, 3.8) is 0 Å². The average Bonchev–Trinajstić information content (AvgIpc) is 2.04. The van der Waals surface area contributed by atoms with Crippen LogP contribution in [0.2, 0.25) is 0 Å². The lowest BCUT2D eigenvalue weighted by Gasteiger charge is -2.20. The summed E-state index contributed by atoms with van der Waals surface area (Å²) in [5, 5.41) is 0. The lowest BCUT2D eigenvalue weighted by Crippen LogP contribution is -2.34. The fourth-order valence-corrected chi connectivity index (χ4v) is 1.76. The number of hydrogen-bond donors (Lipinski definition) is 1. The van der Waals surface area contributed by atoms with E-state index in [1.165, 1.54) is 6.07 Å². The van der Waals surface area contributed by atoms with E-state index in [9.17, 15) is 4.39 Å². The van der Waals surface area contributed by atoms with Gasteiger partial charge in [-0.3, -0.25) is 0 Å². The first-order valence-corrected chi connectivity index (χ1v) is 5.33. The minimum atomic E-state index is -0.262. The molecule has 0 bridgehead atoms. The molecule has 0 aliphatic carbocycles. The highest BCUT2D eigenvalue weighted by Crippen LogP contribution is 2.25. The zero-order valence-corrected chi connectivity index (χ0v) is 10.3. The van der Waals surface area contributed by atoms with E-state index in [2.05, 4.69) is 15.9 Å². The van der Waals surface area contributed by atoms with Gasteiger partial charge in [0.05, 0.1) is 4.47 Å². The number of rotatable bonds is 2. The van der Waals surface area contributed by atoms with Gasteiger partial charge in [0.15, 0.2) is 0 Å². The zero-order valence-electron chi connectivity index (χ0n) is 8.70. The van der Waals surface area contributed by atoms with Crippen molar-refractivity contribution in [2.45, 2.75) is 32.7 Å². The second kappa shape index (κ2) is 3.99. The predicted molar refractivity (Wildman–Crippen MR) is 60.8 cm³/mol. The molecule has 0 spiro atoms. The molecule has 0 amide bonds. The summed E-state index contributed by atoms with van der Waals surface area (Å²) in [4.78, 5) is 0. The molecule has 0 aromatic heterocycles. The van der Waals surface area contributed by atoms with Crippen LogP contribution >= 0.6 is 15.9 Å². The van der Waals surface area contributed by atoms with Crippen molar-refractivity contribution < 1.29 is 4.39 Å². The van der Waals surface area contributed by atoms with Crippen LogP contribution in [0.3, 0.4) is 0 Å². The summed E-state index contributed by atoms with van der Waals surface area (Å²) in [5.41, 5.74) is 7.68. The zero-order chi connectivity index (χ0) is 10.9. The van der Waals surface area contributed by atoms with Gasteiger partial charge in [-0.1, -0.05) is 6.07 Å². The van der Waals surface area contributed by atoms with E-state index in [0.717, 1.165) is 17.5 Å². The molecule has 0 heterocycles. The fourth-order valence-electron chi connectivity index (χ4n) is 1.37. The van der Waals surface area contributed by atoms with Gasteiger partial charge in [0.2, 0.25) is 0 Å². The fraction of sp³-hybridized carbons (Fsp3) is 0.455. The molecule has 0 aliphatic heterocycles. The van der Waals surface area contributed by atoms with Crippen molar-refractivity contribution in [2.24, 2.45) is 5.73 Å². The van der Waals surface area contributed by atoms with Gasteiger partial charge in [-0.15, -0.1) is 0 Å². The van der Waals surface area contributed by atoms with E-state index in [1.807, 2.05) is 20.8 Å². The van der Waals surface area contributed by atoms with Crippen LogP contribution in [0.25, 0.3) is 0 Å². The third-order valence-corrected chi connectivity index (χ3v) is 3.07. The van der Waals surface area contributed by atoms with Crippen molar-refractivity contribution in [1.29, 1.82) is 0 Å².